The molecule has 2 unspecified atom stereocenters. The van der Waals surface area contributed by atoms with E-state index in [0.29, 0.717) is 12.0 Å². The van der Waals surface area contributed by atoms with E-state index in [2.05, 4.69) is 83.6 Å². The van der Waals surface area contributed by atoms with Crippen LogP contribution < -0.4 is 5.32 Å². The Balaban J connectivity index is 1.94. The van der Waals surface area contributed by atoms with Gasteiger partial charge < -0.3 is 5.32 Å². The summed E-state index contributed by atoms with van der Waals surface area (Å²) < 4.78 is 1.17. The second-order valence-electron chi connectivity index (χ2n) is 4.96. The zero-order valence-electron chi connectivity index (χ0n) is 11.4. The van der Waals surface area contributed by atoms with Crippen molar-refractivity contribution in [3.63, 3.8) is 0 Å². The third-order valence-corrected chi connectivity index (χ3v) is 4.19. The Morgan fingerprint density at radius 1 is 0.947 bits per heavy atom. The Morgan fingerprint density at radius 2 is 1.58 bits per heavy atom. The fraction of sp³-hybridized carbons (Fsp3) is 0.294. The predicted octanol–water partition coefficient (Wildman–Crippen LogP) is 4.90. The number of halogens is 1. The molecule has 0 radical (unpaired) electrons. The molecule has 2 rings (SSSR count). The van der Waals surface area contributed by atoms with Crippen molar-refractivity contribution in [1.82, 2.24) is 5.32 Å². The lowest BCUT2D eigenvalue weighted by Crippen LogP contribution is -2.23. The van der Waals surface area contributed by atoms with E-state index in [9.17, 15) is 0 Å². The van der Waals surface area contributed by atoms with Gasteiger partial charge in [-0.25, -0.2) is 0 Å². The molecule has 0 spiro atoms. The van der Waals surface area contributed by atoms with E-state index < -0.39 is 0 Å². The quantitative estimate of drug-likeness (QED) is 0.826. The largest absolute Gasteiger partial charge is 0.310 e. The second kappa shape index (κ2) is 6.88. The van der Waals surface area contributed by atoms with Gasteiger partial charge in [-0.1, -0.05) is 71.4 Å². The van der Waals surface area contributed by atoms with Gasteiger partial charge in [0.15, 0.2) is 0 Å². The van der Waals surface area contributed by atoms with Gasteiger partial charge in [0.05, 0.1) is 0 Å². The van der Waals surface area contributed by atoms with Crippen LogP contribution in [0.2, 0.25) is 0 Å². The van der Waals surface area contributed by atoms with E-state index in [-0.39, 0.29) is 0 Å². The SMILES string of the molecule is CC(CNC(C)c1ccccc1Br)c1ccccc1. The average Bonchev–Trinajstić information content (AvgIpc) is 2.46. The van der Waals surface area contributed by atoms with Gasteiger partial charge in [-0.2, -0.15) is 0 Å². The fourth-order valence-electron chi connectivity index (χ4n) is 2.19. The van der Waals surface area contributed by atoms with Crippen LogP contribution in [0.1, 0.15) is 36.9 Å². The molecule has 1 N–H and O–H groups in total. The van der Waals surface area contributed by atoms with Crippen molar-refractivity contribution < 1.29 is 0 Å². The number of hydrogen-bond acceptors (Lipinski definition) is 1. The van der Waals surface area contributed by atoms with Gasteiger partial charge in [-0.3, -0.25) is 0 Å². The van der Waals surface area contributed by atoms with Gasteiger partial charge in [0, 0.05) is 17.1 Å². The average molecular weight is 318 g/mol. The van der Waals surface area contributed by atoms with Gasteiger partial charge in [0.25, 0.3) is 0 Å². The van der Waals surface area contributed by atoms with Crippen LogP contribution in [0.25, 0.3) is 0 Å². The molecule has 100 valence electrons. The van der Waals surface area contributed by atoms with Crippen LogP contribution in [0, 0.1) is 0 Å². The Hall–Kier alpha value is -1.12. The van der Waals surface area contributed by atoms with Crippen LogP contribution in [0.15, 0.2) is 59.1 Å². The fourth-order valence-corrected chi connectivity index (χ4v) is 2.82. The third-order valence-electron chi connectivity index (χ3n) is 3.47. The zero-order valence-corrected chi connectivity index (χ0v) is 13.0. The van der Waals surface area contributed by atoms with Crippen molar-refractivity contribution >= 4 is 15.9 Å². The normalized spacial score (nSPS) is 14.1. The molecule has 0 bridgehead atoms. The first kappa shape index (κ1) is 14.3. The van der Waals surface area contributed by atoms with Crippen molar-refractivity contribution in [1.29, 1.82) is 0 Å². The Bertz CT molecular complexity index is 510. The minimum absolute atomic E-state index is 0.349. The summed E-state index contributed by atoms with van der Waals surface area (Å²) in [4.78, 5) is 0. The summed E-state index contributed by atoms with van der Waals surface area (Å²) in [5, 5.41) is 3.61. The predicted molar refractivity (Wildman–Crippen MR) is 85.4 cm³/mol. The van der Waals surface area contributed by atoms with Gasteiger partial charge in [-0.05, 0) is 30.0 Å². The van der Waals surface area contributed by atoms with Crippen LogP contribution in [0.5, 0.6) is 0 Å². The highest BCUT2D eigenvalue weighted by atomic mass is 79.9. The monoisotopic (exact) mass is 317 g/mol. The van der Waals surface area contributed by atoms with Crippen LogP contribution in [-0.4, -0.2) is 6.54 Å². The van der Waals surface area contributed by atoms with E-state index in [1.165, 1.54) is 15.6 Å². The minimum atomic E-state index is 0.349. The molecule has 0 heterocycles. The molecule has 2 heteroatoms. The maximum absolute atomic E-state index is 3.61. The first-order valence-corrected chi connectivity index (χ1v) is 7.50. The zero-order chi connectivity index (χ0) is 13.7. The van der Waals surface area contributed by atoms with Crippen LogP contribution in [0.3, 0.4) is 0 Å². The molecule has 0 aliphatic carbocycles. The summed E-state index contributed by atoms with van der Waals surface area (Å²) in [7, 11) is 0. The minimum Gasteiger partial charge on any atom is -0.310 e. The first-order valence-electron chi connectivity index (χ1n) is 6.71. The van der Waals surface area contributed by atoms with Crippen molar-refractivity contribution in [2.75, 3.05) is 6.54 Å². The summed E-state index contributed by atoms with van der Waals surface area (Å²) >= 11 is 3.61. The summed E-state index contributed by atoms with van der Waals surface area (Å²) in [5.41, 5.74) is 2.69. The number of nitrogens with one attached hydrogen (secondary N) is 1. The van der Waals surface area contributed by atoms with E-state index in [0.717, 1.165) is 6.54 Å². The molecule has 0 aromatic heterocycles. The lowest BCUT2D eigenvalue weighted by Gasteiger charge is -2.19. The highest BCUT2D eigenvalue weighted by Crippen LogP contribution is 2.23. The summed E-state index contributed by atoms with van der Waals surface area (Å²) in [6.45, 7) is 5.44. The lowest BCUT2D eigenvalue weighted by molar-refractivity contribution is 0.536. The second-order valence-corrected chi connectivity index (χ2v) is 5.82. The van der Waals surface area contributed by atoms with Gasteiger partial charge >= 0.3 is 0 Å². The van der Waals surface area contributed by atoms with Crippen molar-refractivity contribution in [3.05, 3.63) is 70.2 Å². The van der Waals surface area contributed by atoms with Crippen molar-refractivity contribution in [2.45, 2.75) is 25.8 Å². The van der Waals surface area contributed by atoms with E-state index in [4.69, 9.17) is 0 Å². The summed E-state index contributed by atoms with van der Waals surface area (Å²) in [6.07, 6.45) is 0. The molecular weight excluding hydrogens is 298 g/mol. The Labute approximate surface area is 124 Å². The molecule has 0 fully saturated rings. The topological polar surface area (TPSA) is 12.0 Å². The Morgan fingerprint density at radius 3 is 2.26 bits per heavy atom. The molecule has 2 aromatic carbocycles. The van der Waals surface area contributed by atoms with E-state index >= 15 is 0 Å². The molecule has 19 heavy (non-hydrogen) atoms. The van der Waals surface area contributed by atoms with Crippen LogP contribution in [0.4, 0.5) is 0 Å². The molecular formula is C17H20BrN. The standard InChI is InChI=1S/C17H20BrN/c1-13(15-8-4-3-5-9-15)12-19-14(2)16-10-6-7-11-17(16)18/h3-11,13-14,19H,12H2,1-2H3. The lowest BCUT2D eigenvalue weighted by atomic mass is 10.0. The smallest absolute Gasteiger partial charge is 0.0303 e. The highest BCUT2D eigenvalue weighted by Gasteiger charge is 2.10. The molecule has 0 aliphatic rings. The number of rotatable bonds is 5. The van der Waals surface area contributed by atoms with Crippen LogP contribution in [-0.2, 0) is 0 Å². The molecule has 2 aromatic rings. The summed E-state index contributed by atoms with van der Waals surface area (Å²) in [6, 6.07) is 19.4. The van der Waals surface area contributed by atoms with Crippen molar-refractivity contribution in [2.24, 2.45) is 0 Å². The Kier molecular flexibility index (Phi) is 5.17. The molecule has 2 atom stereocenters. The molecule has 0 amide bonds. The highest BCUT2D eigenvalue weighted by molar-refractivity contribution is 9.10. The van der Waals surface area contributed by atoms with E-state index in [1.807, 2.05) is 6.07 Å². The molecule has 1 nitrogen and oxygen atoms in total. The van der Waals surface area contributed by atoms with Gasteiger partial charge in [0.1, 0.15) is 0 Å². The molecule has 0 saturated heterocycles. The van der Waals surface area contributed by atoms with Crippen molar-refractivity contribution in [3.8, 4) is 0 Å². The van der Waals surface area contributed by atoms with Crippen LogP contribution >= 0.6 is 15.9 Å². The van der Waals surface area contributed by atoms with Gasteiger partial charge in [-0.15, -0.1) is 0 Å². The maximum Gasteiger partial charge on any atom is 0.0303 e. The first-order chi connectivity index (χ1) is 9.18. The maximum atomic E-state index is 3.61. The van der Waals surface area contributed by atoms with Gasteiger partial charge in [0.2, 0.25) is 0 Å². The molecule has 0 saturated carbocycles. The number of hydrogen-bond donors (Lipinski definition) is 1. The van der Waals surface area contributed by atoms with E-state index in [1.54, 1.807) is 0 Å². The number of benzene rings is 2. The third kappa shape index (κ3) is 3.92. The summed E-state index contributed by atoms with van der Waals surface area (Å²) in [5.74, 6) is 0.520. The molecule has 0 aliphatic heterocycles.